The molecule has 2 amide bonds. The SMILES string of the molecule is Nc1ccccc1S(=O)(=O)NC1=NC(=O)CC(=O)N1. The fourth-order valence-electron chi connectivity index (χ4n) is 1.46. The number of aliphatic imine (C=N–C) groups is 1. The monoisotopic (exact) mass is 282 g/mol. The number of hydrogen-bond donors (Lipinski definition) is 3. The fraction of sp³-hybridized carbons (Fsp3) is 0.100. The highest BCUT2D eigenvalue weighted by Crippen LogP contribution is 2.16. The third kappa shape index (κ3) is 2.88. The number of rotatable bonds is 2. The third-order valence-electron chi connectivity index (χ3n) is 2.25. The Bertz CT molecular complexity index is 681. The molecule has 0 atom stereocenters. The highest BCUT2D eigenvalue weighted by atomic mass is 32.2. The number of hydrogen-bond acceptors (Lipinski definition) is 5. The molecule has 19 heavy (non-hydrogen) atoms. The summed E-state index contributed by atoms with van der Waals surface area (Å²) >= 11 is 0. The zero-order valence-corrected chi connectivity index (χ0v) is 10.4. The molecule has 0 aliphatic carbocycles. The maximum Gasteiger partial charge on any atom is 0.266 e. The number of anilines is 1. The van der Waals surface area contributed by atoms with E-state index in [-0.39, 0.29) is 10.6 Å². The van der Waals surface area contributed by atoms with E-state index >= 15 is 0 Å². The van der Waals surface area contributed by atoms with E-state index in [0.717, 1.165) is 0 Å². The Morgan fingerprint density at radius 3 is 2.58 bits per heavy atom. The van der Waals surface area contributed by atoms with E-state index in [9.17, 15) is 18.0 Å². The Labute approximate surface area is 108 Å². The molecule has 9 heteroatoms. The summed E-state index contributed by atoms with van der Waals surface area (Å²) in [5.74, 6) is -1.77. The largest absolute Gasteiger partial charge is 0.398 e. The average Bonchev–Trinajstić information content (AvgIpc) is 2.26. The van der Waals surface area contributed by atoms with E-state index in [2.05, 4.69) is 10.3 Å². The molecule has 0 saturated carbocycles. The molecule has 0 aromatic heterocycles. The van der Waals surface area contributed by atoms with Crippen molar-refractivity contribution in [1.82, 2.24) is 10.0 Å². The second kappa shape index (κ2) is 4.69. The molecule has 2 rings (SSSR count). The number of amides is 2. The smallest absolute Gasteiger partial charge is 0.266 e. The summed E-state index contributed by atoms with van der Waals surface area (Å²) in [4.78, 5) is 25.4. The van der Waals surface area contributed by atoms with Crippen LogP contribution in [0.4, 0.5) is 5.69 Å². The molecule has 0 spiro atoms. The second-order valence-corrected chi connectivity index (χ2v) is 5.37. The van der Waals surface area contributed by atoms with E-state index in [4.69, 9.17) is 5.73 Å². The van der Waals surface area contributed by atoms with Gasteiger partial charge in [0.2, 0.25) is 11.9 Å². The number of benzene rings is 1. The van der Waals surface area contributed by atoms with Crippen LogP contribution in [0.5, 0.6) is 0 Å². The van der Waals surface area contributed by atoms with Crippen molar-refractivity contribution >= 4 is 33.5 Å². The summed E-state index contributed by atoms with van der Waals surface area (Å²) < 4.78 is 26.0. The molecule has 0 fully saturated rings. The summed E-state index contributed by atoms with van der Waals surface area (Å²) in [5.41, 5.74) is 5.60. The molecular weight excluding hydrogens is 272 g/mol. The first-order valence-corrected chi connectivity index (χ1v) is 6.65. The van der Waals surface area contributed by atoms with Crippen LogP contribution in [-0.2, 0) is 19.6 Å². The molecule has 1 aromatic carbocycles. The molecule has 0 bridgehead atoms. The van der Waals surface area contributed by atoms with Crippen LogP contribution in [0.15, 0.2) is 34.2 Å². The Balaban J connectivity index is 2.30. The zero-order valence-electron chi connectivity index (χ0n) is 9.58. The van der Waals surface area contributed by atoms with Gasteiger partial charge in [-0.05, 0) is 12.1 Å². The van der Waals surface area contributed by atoms with Crippen molar-refractivity contribution in [2.24, 2.45) is 4.99 Å². The molecule has 1 heterocycles. The third-order valence-corrected chi connectivity index (χ3v) is 3.66. The van der Waals surface area contributed by atoms with Gasteiger partial charge in [0.05, 0.1) is 5.69 Å². The Hall–Kier alpha value is -2.42. The standard InChI is InChI=1S/C10H10N4O4S/c11-6-3-1-2-4-7(6)19(17,18)14-10-12-8(15)5-9(16)13-10/h1-4H,5,11H2,(H2,12,13,14,15,16). The van der Waals surface area contributed by atoms with Crippen LogP contribution in [0.1, 0.15) is 6.42 Å². The van der Waals surface area contributed by atoms with Crippen LogP contribution in [0.2, 0.25) is 0 Å². The highest BCUT2D eigenvalue weighted by molar-refractivity contribution is 7.90. The second-order valence-electron chi connectivity index (χ2n) is 3.72. The van der Waals surface area contributed by atoms with Gasteiger partial charge >= 0.3 is 0 Å². The lowest BCUT2D eigenvalue weighted by Crippen LogP contribution is -2.47. The van der Waals surface area contributed by atoms with Gasteiger partial charge in [-0.3, -0.25) is 14.9 Å². The van der Waals surface area contributed by atoms with E-state index in [1.165, 1.54) is 18.2 Å². The fourth-order valence-corrected chi connectivity index (χ4v) is 2.56. The van der Waals surface area contributed by atoms with Gasteiger partial charge in [0, 0.05) is 0 Å². The number of nitrogens with one attached hydrogen (secondary N) is 2. The van der Waals surface area contributed by atoms with Gasteiger partial charge in [0.15, 0.2) is 0 Å². The number of guanidine groups is 1. The topological polar surface area (TPSA) is 131 Å². The predicted octanol–water partition coefficient (Wildman–Crippen LogP) is -1.05. The molecule has 1 aromatic rings. The molecule has 100 valence electrons. The number of carbonyl (C=O) groups excluding carboxylic acids is 2. The van der Waals surface area contributed by atoms with Gasteiger partial charge in [0.25, 0.3) is 15.9 Å². The minimum Gasteiger partial charge on any atom is -0.398 e. The lowest BCUT2D eigenvalue weighted by Gasteiger charge is -2.15. The van der Waals surface area contributed by atoms with E-state index in [1.807, 2.05) is 4.72 Å². The lowest BCUT2D eigenvalue weighted by molar-refractivity contribution is -0.127. The maximum absolute atomic E-state index is 12.0. The molecule has 1 aliphatic rings. The predicted molar refractivity (Wildman–Crippen MR) is 66.4 cm³/mol. The quantitative estimate of drug-likeness (QED) is 0.470. The number of sulfonamides is 1. The Morgan fingerprint density at radius 1 is 1.26 bits per heavy atom. The summed E-state index contributed by atoms with van der Waals surface area (Å²) in [7, 11) is -4.01. The lowest BCUT2D eigenvalue weighted by atomic mass is 10.3. The Kier molecular flexibility index (Phi) is 3.21. The number of nitrogen functional groups attached to an aromatic ring is 1. The molecule has 4 N–H and O–H groups in total. The van der Waals surface area contributed by atoms with Gasteiger partial charge in [-0.15, -0.1) is 0 Å². The summed E-state index contributed by atoms with van der Waals surface area (Å²) in [6.45, 7) is 0. The molecular formula is C10H10N4O4S. The first-order valence-electron chi connectivity index (χ1n) is 5.17. The van der Waals surface area contributed by atoms with Crippen LogP contribution in [0.3, 0.4) is 0 Å². The molecule has 0 radical (unpaired) electrons. The first-order chi connectivity index (χ1) is 8.88. The van der Waals surface area contributed by atoms with Crippen LogP contribution in [0, 0.1) is 0 Å². The van der Waals surface area contributed by atoms with Crippen molar-refractivity contribution in [2.45, 2.75) is 11.3 Å². The summed E-state index contributed by atoms with van der Waals surface area (Å²) in [5, 5.41) is 2.15. The maximum atomic E-state index is 12.0. The highest BCUT2D eigenvalue weighted by Gasteiger charge is 2.24. The Morgan fingerprint density at radius 2 is 1.95 bits per heavy atom. The molecule has 0 unspecified atom stereocenters. The number of nitrogens with zero attached hydrogens (tertiary/aromatic N) is 1. The van der Waals surface area contributed by atoms with Crippen molar-refractivity contribution in [3.05, 3.63) is 24.3 Å². The van der Waals surface area contributed by atoms with Gasteiger partial charge in [-0.1, -0.05) is 12.1 Å². The van der Waals surface area contributed by atoms with Crippen LogP contribution >= 0.6 is 0 Å². The molecule has 0 saturated heterocycles. The summed E-state index contributed by atoms with van der Waals surface area (Å²) in [6.07, 6.45) is -0.404. The van der Waals surface area contributed by atoms with Gasteiger partial charge in [0.1, 0.15) is 11.3 Å². The van der Waals surface area contributed by atoms with Gasteiger partial charge in [-0.25, -0.2) is 13.1 Å². The molecule has 1 aliphatic heterocycles. The minimum atomic E-state index is -4.01. The van der Waals surface area contributed by atoms with Crippen LogP contribution < -0.4 is 15.8 Å². The van der Waals surface area contributed by atoms with Gasteiger partial charge in [-0.2, -0.15) is 4.99 Å². The van der Waals surface area contributed by atoms with Crippen molar-refractivity contribution in [2.75, 3.05) is 5.73 Å². The number of para-hydroxylation sites is 1. The van der Waals surface area contributed by atoms with E-state index < -0.39 is 34.2 Å². The normalized spacial score (nSPS) is 15.7. The van der Waals surface area contributed by atoms with Crippen molar-refractivity contribution in [1.29, 1.82) is 0 Å². The van der Waals surface area contributed by atoms with Crippen molar-refractivity contribution < 1.29 is 18.0 Å². The minimum absolute atomic E-state index is 0.0454. The van der Waals surface area contributed by atoms with E-state index in [1.54, 1.807) is 6.07 Å². The average molecular weight is 282 g/mol. The summed E-state index contributed by atoms with van der Waals surface area (Å²) in [6, 6.07) is 5.79. The van der Waals surface area contributed by atoms with Crippen molar-refractivity contribution in [3.8, 4) is 0 Å². The number of carbonyl (C=O) groups is 2. The van der Waals surface area contributed by atoms with Crippen molar-refractivity contribution in [3.63, 3.8) is 0 Å². The van der Waals surface area contributed by atoms with E-state index in [0.29, 0.717) is 0 Å². The van der Waals surface area contributed by atoms with Crippen LogP contribution in [0.25, 0.3) is 0 Å². The van der Waals surface area contributed by atoms with Gasteiger partial charge < -0.3 is 5.73 Å². The zero-order chi connectivity index (χ0) is 14.0. The number of nitrogens with two attached hydrogens (primary N) is 1. The molecule has 8 nitrogen and oxygen atoms in total. The first kappa shape index (κ1) is 13.0. The van der Waals surface area contributed by atoms with Crippen LogP contribution in [-0.4, -0.2) is 26.2 Å².